The lowest BCUT2D eigenvalue weighted by atomic mass is 9.86. The molecule has 0 fully saturated rings. The van der Waals surface area contributed by atoms with Crippen LogP contribution in [0.25, 0.3) is 0 Å². The molecule has 65 heavy (non-hydrogen) atoms. The van der Waals surface area contributed by atoms with Gasteiger partial charge in [-0.15, -0.1) is 0 Å². The highest BCUT2D eigenvalue weighted by molar-refractivity contribution is 7.92. The van der Waals surface area contributed by atoms with Crippen molar-refractivity contribution >= 4 is 39.6 Å². The van der Waals surface area contributed by atoms with E-state index in [-0.39, 0.29) is 75.9 Å². The minimum absolute atomic E-state index is 0.00113. The van der Waals surface area contributed by atoms with Gasteiger partial charge < -0.3 is 9.53 Å². The van der Waals surface area contributed by atoms with Gasteiger partial charge in [0.25, 0.3) is 0 Å². The van der Waals surface area contributed by atoms with Gasteiger partial charge in [-0.05, 0) is 125 Å². The molecular formula is C48H72F2N4O8S2Si. The Morgan fingerprint density at radius 1 is 0.646 bits per heavy atom. The van der Waals surface area contributed by atoms with E-state index in [4.69, 9.17) is 4.43 Å². The van der Waals surface area contributed by atoms with Crippen molar-refractivity contribution in [3.8, 4) is 0 Å². The lowest BCUT2D eigenvalue weighted by molar-refractivity contribution is -0.117. The molecule has 17 heteroatoms. The summed E-state index contributed by atoms with van der Waals surface area (Å²) in [5.74, 6) is -2.92. The Hall–Kier alpha value is -3.90. The number of halogens is 2. The molecule has 0 saturated carbocycles. The van der Waals surface area contributed by atoms with Crippen LogP contribution in [0.4, 0.5) is 8.78 Å². The third kappa shape index (κ3) is 15.6. The SMILES string of the molecule is CC(C)c1cc(F)cc(C(C)C)c1CC(=O)CS(=O)(=O)c1ccn(C[C@@H](C)O)n1.CC(C)c1cc(F)cc(C(C)C)c1CC(=O)CS(=O)(=O)c1ccn(C[C@@H](C)O[Si](C)(C)C(C)(C)C)n1. The van der Waals surface area contributed by atoms with Crippen molar-refractivity contribution in [1.82, 2.24) is 19.6 Å². The molecule has 0 saturated heterocycles. The van der Waals surface area contributed by atoms with Crippen molar-refractivity contribution in [2.24, 2.45) is 0 Å². The zero-order valence-electron chi connectivity index (χ0n) is 41.0. The number of ketones is 2. The molecule has 0 bridgehead atoms. The van der Waals surface area contributed by atoms with E-state index in [9.17, 15) is 40.3 Å². The Morgan fingerprint density at radius 2 is 0.969 bits per heavy atom. The standard InChI is InChI=1S/C27H43FN2O4SSi.C21H29FN2O4S/c1-18(2)23-13-21(28)14-24(19(3)4)25(23)15-22(31)17-35(32,33)26-11-12-30(29-26)16-20(5)34-36(9,10)27(6,7)8;1-13(2)18-8-16(22)9-19(14(3)4)20(18)10-17(26)12-29(27,28)21-6-7-24(23-21)11-15(5)25/h11-14,18-20H,15-17H2,1-10H3;6-9,13-15,25H,10-12H2,1-5H3/t20-;15-/m11/s1. The Kier molecular flexibility index (Phi) is 19.0. The van der Waals surface area contributed by atoms with Crippen molar-refractivity contribution in [2.75, 3.05) is 11.5 Å². The number of Topliss-reactive ketones (excluding diaryl/α,β-unsaturated/α-hetero) is 2. The fourth-order valence-electron chi connectivity index (χ4n) is 7.37. The minimum atomic E-state index is -3.91. The molecule has 12 nitrogen and oxygen atoms in total. The van der Waals surface area contributed by atoms with Crippen LogP contribution >= 0.6 is 0 Å². The summed E-state index contributed by atoms with van der Waals surface area (Å²) in [6.07, 6.45) is 2.13. The average molecular weight is 963 g/mol. The topological polar surface area (TPSA) is 168 Å². The van der Waals surface area contributed by atoms with Gasteiger partial charge in [-0.25, -0.2) is 25.6 Å². The number of aliphatic hydroxyl groups excluding tert-OH is 1. The van der Waals surface area contributed by atoms with Crippen LogP contribution in [0.1, 0.15) is 147 Å². The smallest absolute Gasteiger partial charge is 0.204 e. The van der Waals surface area contributed by atoms with Crippen LogP contribution in [0.3, 0.4) is 0 Å². The fraction of sp³-hybridized carbons (Fsp3) is 0.583. The van der Waals surface area contributed by atoms with Crippen LogP contribution in [0.5, 0.6) is 0 Å². The Labute approximate surface area is 387 Å². The second-order valence-electron chi connectivity index (χ2n) is 20.0. The monoisotopic (exact) mass is 962 g/mol. The summed E-state index contributed by atoms with van der Waals surface area (Å²) in [6.45, 7) is 30.4. The maximum Gasteiger partial charge on any atom is 0.204 e. The number of nitrogens with zero attached hydrogens (tertiary/aromatic N) is 4. The zero-order chi connectivity index (χ0) is 49.6. The van der Waals surface area contributed by atoms with Gasteiger partial charge in [0.05, 0.1) is 25.3 Å². The van der Waals surface area contributed by atoms with E-state index in [2.05, 4.69) is 44.1 Å². The number of rotatable bonds is 20. The van der Waals surface area contributed by atoms with Crippen molar-refractivity contribution in [2.45, 2.75) is 180 Å². The third-order valence-electron chi connectivity index (χ3n) is 11.6. The predicted molar refractivity (Wildman–Crippen MR) is 255 cm³/mol. The quantitative estimate of drug-likeness (QED) is 0.0843. The molecule has 2 heterocycles. The molecule has 0 aliphatic rings. The highest BCUT2D eigenvalue weighted by Gasteiger charge is 2.38. The third-order valence-corrected chi connectivity index (χ3v) is 19.3. The van der Waals surface area contributed by atoms with Crippen molar-refractivity contribution < 1.29 is 44.7 Å². The number of benzene rings is 2. The fourth-order valence-corrected chi connectivity index (χ4v) is 11.1. The van der Waals surface area contributed by atoms with Gasteiger partial charge >= 0.3 is 0 Å². The second kappa shape index (κ2) is 22.3. The molecule has 0 aliphatic carbocycles. The Morgan fingerprint density at radius 3 is 1.26 bits per heavy atom. The maximum absolute atomic E-state index is 14.2. The Bertz CT molecular complexity index is 2450. The van der Waals surface area contributed by atoms with Crippen LogP contribution in [-0.2, 0) is 59.6 Å². The summed E-state index contributed by atoms with van der Waals surface area (Å²) in [4.78, 5) is 25.6. The molecule has 4 aromatic rings. The van der Waals surface area contributed by atoms with Gasteiger partial charge in [0.15, 0.2) is 29.9 Å². The largest absolute Gasteiger partial charge is 0.412 e. The van der Waals surface area contributed by atoms with E-state index in [0.717, 1.165) is 27.8 Å². The summed E-state index contributed by atoms with van der Waals surface area (Å²) in [5.41, 5.74) is 4.36. The molecule has 0 amide bonds. The first-order valence-electron chi connectivity index (χ1n) is 22.3. The van der Waals surface area contributed by atoms with Gasteiger partial charge in [0, 0.05) is 25.2 Å². The molecule has 2 aromatic carbocycles. The highest BCUT2D eigenvalue weighted by atomic mass is 32.2. The van der Waals surface area contributed by atoms with Gasteiger partial charge in [-0.2, -0.15) is 10.2 Å². The van der Waals surface area contributed by atoms with Crippen LogP contribution in [-0.4, -0.2) is 85.1 Å². The van der Waals surface area contributed by atoms with Crippen LogP contribution < -0.4 is 0 Å². The Balaban J connectivity index is 0.000000353. The number of hydrogen-bond acceptors (Lipinski definition) is 10. The van der Waals surface area contributed by atoms with Gasteiger partial charge in [-0.1, -0.05) is 76.2 Å². The average Bonchev–Trinajstić information content (AvgIpc) is 3.82. The summed E-state index contributed by atoms with van der Waals surface area (Å²) in [6, 6.07) is 8.49. The van der Waals surface area contributed by atoms with Crippen molar-refractivity contribution in [1.29, 1.82) is 0 Å². The maximum atomic E-state index is 14.2. The van der Waals surface area contributed by atoms with E-state index in [1.807, 2.05) is 62.3 Å². The first kappa shape index (κ1) is 55.4. The molecule has 2 aromatic heterocycles. The van der Waals surface area contributed by atoms with Gasteiger partial charge in [0.1, 0.15) is 23.1 Å². The summed E-state index contributed by atoms with van der Waals surface area (Å²) >= 11 is 0. The van der Waals surface area contributed by atoms with Gasteiger partial charge in [0.2, 0.25) is 19.7 Å². The van der Waals surface area contributed by atoms with Crippen molar-refractivity contribution in [3.63, 3.8) is 0 Å². The van der Waals surface area contributed by atoms with Crippen LogP contribution in [0.15, 0.2) is 58.8 Å². The van der Waals surface area contributed by atoms with Crippen LogP contribution in [0.2, 0.25) is 18.1 Å². The number of sulfone groups is 2. The second-order valence-corrected chi connectivity index (χ2v) is 28.6. The minimum Gasteiger partial charge on any atom is -0.412 e. The number of carbonyl (C=O) groups is 2. The van der Waals surface area contributed by atoms with E-state index in [0.29, 0.717) is 12.1 Å². The number of hydrogen-bond donors (Lipinski definition) is 1. The number of carbonyl (C=O) groups excluding carboxylic acids is 2. The normalized spacial score (nSPS) is 13.7. The number of aromatic nitrogens is 4. The van der Waals surface area contributed by atoms with E-state index in [1.165, 1.54) is 47.3 Å². The zero-order valence-corrected chi connectivity index (χ0v) is 43.6. The van der Waals surface area contributed by atoms with E-state index in [1.54, 1.807) is 17.8 Å². The van der Waals surface area contributed by atoms with Crippen molar-refractivity contribution in [3.05, 3.63) is 93.8 Å². The molecular weight excluding hydrogens is 891 g/mol. The lowest BCUT2D eigenvalue weighted by Gasteiger charge is -2.38. The molecule has 2 atom stereocenters. The molecule has 362 valence electrons. The molecule has 0 aliphatic heterocycles. The summed E-state index contributed by atoms with van der Waals surface area (Å²) in [5, 5.41) is 17.3. The summed E-state index contributed by atoms with van der Waals surface area (Å²) in [7, 11) is -9.79. The molecule has 1 N–H and O–H groups in total. The van der Waals surface area contributed by atoms with E-state index < -0.39 is 57.2 Å². The van der Waals surface area contributed by atoms with E-state index >= 15 is 0 Å². The first-order chi connectivity index (χ1) is 29.7. The first-order valence-corrected chi connectivity index (χ1v) is 28.5. The molecule has 0 radical (unpaired) electrons. The summed E-state index contributed by atoms with van der Waals surface area (Å²) < 4.78 is 88.7. The van der Waals surface area contributed by atoms with Gasteiger partial charge in [-0.3, -0.25) is 19.0 Å². The van der Waals surface area contributed by atoms with Crippen LogP contribution in [0, 0.1) is 11.6 Å². The lowest BCUT2D eigenvalue weighted by Crippen LogP contribution is -2.44. The highest BCUT2D eigenvalue weighted by Crippen LogP contribution is 2.37. The molecule has 0 unspecified atom stereocenters. The molecule has 0 spiro atoms. The number of aliphatic hydroxyl groups is 1. The predicted octanol–water partition coefficient (Wildman–Crippen LogP) is 9.50. The molecule has 4 rings (SSSR count).